The van der Waals surface area contributed by atoms with E-state index in [4.69, 9.17) is 23.7 Å². The summed E-state index contributed by atoms with van der Waals surface area (Å²) in [6.45, 7) is -0.0683. The number of aliphatic hydroxyl groups excluding tert-OH is 1. The first-order valence-corrected chi connectivity index (χ1v) is 20.2. The lowest BCUT2D eigenvalue weighted by Crippen LogP contribution is -2.48. The molecule has 1 amide bonds. The molecule has 6 aliphatic rings. The Morgan fingerprint density at radius 1 is 0.897 bits per heavy atom. The first-order valence-electron chi connectivity index (χ1n) is 20.2. The van der Waals surface area contributed by atoms with Crippen LogP contribution in [-0.2, 0) is 24.6 Å². The molecule has 4 aliphatic carbocycles. The average Bonchev–Trinajstić information content (AvgIpc) is 3.68. The Balaban J connectivity index is 0.951. The molecule has 10 rings (SSSR count). The van der Waals surface area contributed by atoms with Gasteiger partial charge in [-0.1, -0.05) is 66.4 Å². The standard InChI is InChI=1S/C46H49N3O9/c1-54-36-14-10-34(11-15-36)46(33-8-4-3-5-9-33,35-12-16-37(55-2)17-13-35)57-28-45-27-56-39(40(45)51)42(58-45)49-26-32(41(52)48-43(49)53)7-6-18-47-38(50)25-44-22-29-19-30(23-44)21-31(20-29)24-44/h3-5,8-17,26,29-31,39-40,42,51H,18-25,27-28H2,1-2H3,(H,47,50)(H,48,52,53)/t29?,30?,31?,39-,40+,42-,44?,45-/m1/s1. The van der Waals surface area contributed by atoms with Gasteiger partial charge in [-0.05, 0) is 103 Å². The molecule has 2 saturated heterocycles. The fourth-order valence-electron chi connectivity index (χ4n) is 11.0. The number of carbonyl (C=O) groups excluding carboxylic acids is 1. The van der Waals surface area contributed by atoms with Crippen LogP contribution in [0.3, 0.4) is 0 Å². The lowest BCUT2D eigenvalue weighted by Gasteiger charge is -2.56. The van der Waals surface area contributed by atoms with Crippen molar-refractivity contribution in [1.82, 2.24) is 14.9 Å². The summed E-state index contributed by atoms with van der Waals surface area (Å²) in [6.07, 6.45) is 6.01. The van der Waals surface area contributed by atoms with Gasteiger partial charge in [-0.2, -0.15) is 0 Å². The van der Waals surface area contributed by atoms with E-state index >= 15 is 0 Å². The molecular weight excluding hydrogens is 739 g/mol. The SMILES string of the molecule is COc1ccc(C(OC[C@@]23CO[C@@H]([C@H](n4cc(C#CCNC(=O)CC56CC7CC(CC(C7)C5)C6)c(=O)[nH]c4=O)O2)[C@@H]3O)(c2ccccc2)c2ccc(OC)cc2)cc1. The van der Waals surface area contributed by atoms with Gasteiger partial charge in [0.15, 0.2) is 6.23 Å². The minimum atomic E-state index is -1.38. The molecule has 1 aromatic heterocycles. The van der Waals surface area contributed by atoms with Crippen LogP contribution in [0.5, 0.6) is 11.5 Å². The molecular formula is C46H49N3O9. The highest BCUT2D eigenvalue weighted by molar-refractivity contribution is 5.77. The van der Waals surface area contributed by atoms with Gasteiger partial charge >= 0.3 is 5.69 Å². The topological polar surface area (TPSA) is 150 Å². The van der Waals surface area contributed by atoms with E-state index in [0.717, 1.165) is 53.7 Å². The molecule has 0 spiro atoms. The number of hydrogen-bond acceptors (Lipinski definition) is 9. The van der Waals surface area contributed by atoms with Crippen LogP contribution < -0.4 is 26.0 Å². The summed E-state index contributed by atoms with van der Waals surface area (Å²) in [5.74, 6) is 9.34. The quantitative estimate of drug-likeness (QED) is 0.138. The molecule has 12 heteroatoms. The van der Waals surface area contributed by atoms with Gasteiger partial charge in [0.1, 0.15) is 40.5 Å². The molecule has 3 aromatic carbocycles. The fourth-order valence-corrected chi connectivity index (χ4v) is 11.0. The number of aromatic nitrogens is 2. The molecule has 58 heavy (non-hydrogen) atoms. The number of methoxy groups -OCH3 is 2. The first kappa shape index (κ1) is 38.3. The van der Waals surface area contributed by atoms with E-state index in [-0.39, 0.29) is 36.6 Å². The number of H-pyrrole nitrogens is 1. The van der Waals surface area contributed by atoms with Crippen molar-refractivity contribution >= 4 is 5.91 Å². The number of nitrogens with zero attached hydrogens (tertiary/aromatic N) is 1. The van der Waals surface area contributed by atoms with Crippen molar-refractivity contribution in [2.75, 3.05) is 34.0 Å². The summed E-state index contributed by atoms with van der Waals surface area (Å²) in [6, 6.07) is 25.0. The molecule has 3 heterocycles. The maximum Gasteiger partial charge on any atom is 0.330 e. The van der Waals surface area contributed by atoms with Crippen LogP contribution in [0.15, 0.2) is 94.6 Å². The molecule has 4 atom stereocenters. The second-order valence-electron chi connectivity index (χ2n) is 17.0. The van der Waals surface area contributed by atoms with E-state index < -0.39 is 40.9 Å². The highest BCUT2D eigenvalue weighted by atomic mass is 16.7. The molecule has 0 unspecified atom stereocenters. The van der Waals surface area contributed by atoms with Crippen LogP contribution >= 0.6 is 0 Å². The largest absolute Gasteiger partial charge is 0.497 e. The van der Waals surface area contributed by atoms with Crippen molar-refractivity contribution in [3.05, 3.63) is 128 Å². The van der Waals surface area contributed by atoms with E-state index in [9.17, 15) is 19.5 Å². The van der Waals surface area contributed by atoms with Crippen LogP contribution in [0, 0.1) is 35.0 Å². The molecule has 12 nitrogen and oxygen atoms in total. The van der Waals surface area contributed by atoms with Crippen molar-refractivity contribution in [2.45, 2.75) is 74.6 Å². The summed E-state index contributed by atoms with van der Waals surface area (Å²) in [4.78, 5) is 41.6. The van der Waals surface area contributed by atoms with Gasteiger partial charge in [-0.15, -0.1) is 0 Å². The third-order valence-corrected chi connectivity index (χ3v) is 13.3. The van der Waals surface area contributed by atoms with Crippen LogP contribution in [0.1, 0.15) is 73.4 Å². The number of aromatic amines is 1. The lowest BCUT2D eigenvalue weighted by atomic mass is 9.49. The van der Waals surface area contributed by atoms with Crippen molar-refractivity contribution in [3.8, 4) is 23.3 Å². The molecule has 0 radical (unpaired) electrons. The Kier molecular flexibility index (Phi) is 10.0. The Morgan fingerprint density at radius 2 is 1.48 bits per heavy atom. The van der Waals surface area contributed by atoms with E-state index in [1.165, 1.54) is 30.0 Å². The second kappa shape index (κ2) is 15.2. The first-order chi connectivity index (χ1) is 28.1. The maximum absolute atomic E-state index is 13.3. The minimum absolute atomic E-state index is 0.000846. The normalized spacial score (nSPS) is 29.2. The van der Waals surface area contributed by atoms with Gasteiger partial charge in [0, 0.05) is 12.6 Å². The van der Waals surface area contributed by atoms with Crippen LogP contribution in [0.25, 0.3) is 0 Å². The highest BCUT2D eigenvalue weighted by Crippen LogP contribution is 2.61. The van der Waals surface area contributed by atoms with Crippen molar-refractivity contribution in [1.29, 1.82) is 0 Å². The summed E-state index contributed by atoms with van der Waals surface area (Å²) in [5.41, 5.74) is -1.43. The summed E-state index contributed by atoms with van der Waals surface area (Å²) in [5, 5.41) is 14.7. The fraction of sp³-hybridized carbons (Fsp3) is 0.457. The predicted molar refractivity (Wildman–Crippen MR) is 213 cm³/mol. The molecule has 4 aromatic rings. The number of rotatable bonds is 12. The van der Waals surface area contributed by atoms with E-state index in [1.54, 1.807) is 14.2 Å². The molecule has 2 aliphatic heterocycles. The zero-order chi connectivity index (χ0) is 40.1. The van der Waals surface area contributed by atoms with Gasteiger partial charge in [0.05, 0.1) is 34.0 Å². The molecule has 6 bridgehead atoms. The number of nitrogens with one attached hydrogen (secondary N) is 2. The monoisotopic (exact) mass is 787 g/mol. The molecule has 302 valence electrons. The van der Waals surface area contributed by atoms with E-state index in [2.05, 4.69) is 22.1 Å². The number of amides is 1. The molecule has 4 saturated carbocycles. The zero-order valence-corrected chi connectivity index (χ0v) is 32.8. The van der Waals surface area contributed by atoms with Crippen molar-refractivity contribution in [3.63, 3.8) is 0 Å². The molecule has 3 N–H and O–H groups in total. The van der Waals surface area contributed by atoms with E-state index in [0.29, 0.717) is 17.9 Å². The maximum atomic E-state index is 13.3. The summed E-state index contributed by atoms with van der Waals surface area (Å²) < 4.78 is 31.9. The number of fused-ring (bicyclic) bond motifs is 2. The van der Waals surface area contributed by atoms with E-state index in [1.807, 2.05) is 78.9 Å². The highest BCUT2D eigenvalue weighted by Gasteiger charge is 2.63. The van der Waals surface area contributed by atoms with Crippen LogP contribution in [0.4, 0.5) is 0 Å². The van der Waals surface area contributed by atoms with Gasteiger partial charge in [-0.25, -0.2) is 4.79 Å². The third-order valence-electron chi connectivity index (χ3n) is 13.3. The number of benzene rings is 3. The van der Waals surface area contributed by atoms with Crippen molar-refractivity contribution in [2.24, 2.45) is 23.2 Å². The average molecular weight is 788 g/mol. The number of carbonyl (C=O) groups is 1. The second-order valence-corrected chi connectivity index (χ2v) is 17.0. The lowest BCUT2D eigenvalue weighted by molar-refractivity contribution is -0.204. The zero-order valence-electron chi connectivity index (χ0n) is 32.8. The van der Waals surface area contributed by atoms with Gasteiger partial charge in [0.25, 0.3) is 5.56 Å². The third kappa shape index (κ3) is 6.83. The Hall–Kier alpha value is -5.19. The van der Waals surface area contributed by atoms with Crippen LogP contribution in [0.2, 0.25) is 0 Å². The van der Waals surface area contributed by atoms with Gasteiger partial charge < -0.3 is 34.1 Å². The Morgan fingerprint density at radius 3 is 2.07 bits per heavy atom. The summed E-state index contributed by atoms with van der Waals surface area (Å²) >= 11 is 0. The van der Waals surface area contributed by atoms with Crippen molar-refractivity contribution < 1.29 is 33.6 Å². The smallest absolute Gasteiger partial charge is 0.330 e. The van der Waals surface area contributed by atoms with Crippen LogP contribution in [-0.4, -0.2) is 72.4 Å². The van der Waals surface area contributed by atoms with Gasteiger partial charge in [0.2, 0.25) is 5.91 Å². The predicted octanol–water partition coefficient (Wildman–Crippen LogP) is 4.66. The number of hydrogen-bond donors (Lipinski definition) is 3. The van der Waals surface area contributed by atoms with Gasteiger partial charge in [-0.3, -0.25) is 19.1 Å². The number of aliphatic hydroxyl groups is 1. The Bertz CT molecular complexity index is 2250. The minimum Gasteiger partial charge on any atom is -0.497 e. The number of ether oxygens (including phenoxy) is 5. The Labute approximate surface area is 336 Å². The molecule has 6 fully saturated rings. The summed E-state index contributed by atoms with van der Waals surface area (Å²) in [7, 11) is 3.22.